The number of carbonyl (C=O) groups excluding carboxylic acids is 1. The van der Waals surface area contributed by atoms with Crippen molar-refractivity contribution < 1.29 is 19.0 Å². The molecule has 0 aromatic heterocycles. The molecule has 0 saturated heterocycles. The van der Waals surface area contributed by atoms with Crippen LogP contribution in [0.3, 0.4) is 0 Å². The summed E-state index contributed by atoms with van der Waals surface area (Å²) in [6.45, 7) is 0. The Hall–Kier alpha value is -1.58. The van der Waals surface area contributed by atoms with E-state index < -0.39 is 17.1 Å². The Kier molecular flexibility index (Phi) is 3.78. The number of isocyanates is 1. The minimum absolute atomic E-state index is 0.122. The fourth-order valence-corrected chi connectivity index (χ4v) is 2.82. The number of halogens is 2. The van der Waals surface area contributed by atoms with Crippen molar-refractivity contribution in [2.45, 2.75) is 31.2 Å². The molecule has 0 radical (unpaired) electrons. The molecule has 102 valence electrons. The van der Waals surface area contributed by atoms with E-state index in [1.54, 1.807) is 6.08 Å². The predicted molar refractivity (Wildman–Crippen MR) is 67.9 cm³/mol. The largest absolute Gasteiger partial charge is 0.504 e. The first-order chi connectivity index (χ1) is 9.05. The molecule has 1 saturated carbocycles. The van der Waals surface area contributed by atoms with Crippen LogP contribution in [0.5, 0.6) is 11.5 Å². The van der Waals surface area contributed by atoms with Gasteiger partial charge >= 0.3 is 0 Å². The lowest BCUT2D eigenvalue weighted by atomic mass is 9.88. The smallest absolute Gasteiger partial charge is 0.235 e. The molecule has 0 amide bonds. The second kappa shape index (κ2) is 5.19. The molecule has 0 heterocycles. The Morgan fingerprint density at radius 3 is 2.68 bits per heavy atom. The van der Waals surface area contributed by atoms with Gasteiger partial charge in [-0.2, -0.15) is 9.38 Å². The van der Waals surface area contributed by atoms with Crippen molar-refractivity contribution in [2.75, 3.05) is 7.11 Å². The predicted octanol–water partition coefficient (Wildman–Crippen LogP) is 3.30. The van der Waals surface area contributed by atoms with Crippen molar-refractivity contribution >= 4 is 17.7 Å². The molecule has 4 nitrogen and oxygen atoms in total. The van der Waals surface area contributed by atoms with Crippen molar-refractivity contribution in [1.29, 1.82) is 0 Å². The van der Waals surface area contributed by atoms with Gasteiger partial charge in [-0.05, 0) is 18.9 Å². The summed E-state index contributed by atoms with van der Waals surface area (Å²) in [4.78, 5) is 14.5. The molecule has 19 heavy (non-hydrogen) atoms. The van der Waals surface area contributed by atoms with Crippen LogP contribution in [0, 0.1) is 5.82 Å². The highest BCUT2D eigenvalue weighted by atomic mass is 35.5. The van der Waals surface area contributed by atoms with E-state index in [9.17, 15) is 14.3 Å². The molecule has 1 fully saturated rings. The van der Waals surface area contributed by atoms with E-state index in [1.807, 2.05) is 0 Å². The van der Waals surface area contributed by atoms with Gasteiger partial charge in [0.1, 0.15) is 5.54 Å². The Bertz CT molecular complexity index is 549. The molecule has 1 aliphatic carbocycles. The Morgan fingerprint density at radius 2 is 2.16 bits per heavy atom. The molecule has 1 aliphatic rings. The number of benzene rings is 1. The Morgan fingerprint density at radius 1 is 1.53 bits per heavy atom. The van der Waals surface area contributed by atoms with Crippen LogP contribution in [0.15, 0.2) is 11.1 Å². The van der Waals surface area contributed by atoms with Gasteiger partial charge in [-0.3, -0.25) is 0 Å². The fraction of sp³-hybridized carbons (Fsp3) is 0.462. The number of hydrogen-bond donors (Lipinski definition) is 1. The van der Waals surface area contributed by atoms with Crippen LogP contribution in [0.4, 0.5) is 4.39 Å². The van der Waals surface area contributed by atoms with Crippen LogP contribution >= 0.6 is 11.6 Å². The fourth-order valence-electron chi connectivity index (χ4n) is 2.63. The summed E-state index contributed by atoms with van der Waals surface area (Å²) in [6, 6.07) is 1.41. The molecule has 0 unspecified atom stereocenters. The van der Waals surface area contributed by atoms with Gasteiger partial charge < -0.3 is 9.84 Å². The van der Waals surface area contributed by atoms with E-state index in [0.717, 1.165) is 12.8 Å². The average molecular weight is 286 g/mol. The third kappa shape index (κ3) is 2.20. The third-order valence-electron chi connectivity index (χ3n) is 3.55. The zero-order valence-electron chi connectivity index (χ0n) is 10.4. The molecule has 1 aromatic rings. The first-order valence-corrected chi connectivity index (χ1v) is 6.28. The summed E-state index contributed by atoms with van der Waals surface area (Å²) >= 11 is 5.80. The van der Waals surface area contributed by atoms with Crippen LogP contribution in [0.1, 0.15) is 31.2 Å². The Labute approximate surface area is 114 Å². The van der Waals surface area contributed by atoms with Gasteiger partial charge in [-0.25, -0.2) is 4.79 Å². The summed E-state index contributed by atoms with van der Waals surface area (Å²) in [5.74, 6) is -1.72. The number of rotatable bonds is 3. The van der Waals surface area contributed by atoms with Crippen molar-refractivity contribution in [3.8, 4) is 11.5 Å². The molecular formula is C13H13ClFNO3. The third-order valence-corrected chi connectivity index (χ3v) is 3.83. The molecule has 0 bridgehead atoms. The first kappa shape index (κ1) is 13.8. The van der Waals surface area contributed by atoms with E-state index >= 15 is 0 Å². The molecule has 1 aromatic carbocycles. The number of phenols is 1. The zero-order chi connectivity index (χ0) is 14.0. The second-order valence-corrected chi connectivity index (χ2v) is 4.95. The lowest BCUT2D eigenvalue weighted by Gasteiger charge is -2.25. The SMILES string of the molecule is COc1c(C2(N=C=O)CCCC2)cc(Cl)c(O)c1F. The number of hydrogen-bond acceptors (Lipinski definition) is 4. The van der Waals surface area contributed by atoms with E-state index in [2.05, 4.69) is 4.99 Å². The summed E-state index contributed by atoms with van der Waals surface area (Å²) in [5, 5.41) is 9.38. The highest BCUT2D eigenvalue weighted by Gasteiger charge is 2.40. The van der Waals surface area contributed by atoms with Crippen LogP contribution in [0.25, 0.3) is 0 Å². The maximum atomic E-state index is 14.0. The first-order valence-electron chi connectivity index (χ1n) is 5.90. The maximum Gasteiger partial charge on any atom is 0.235 e. The van der Waals surface area contributed by atoms with Gasteiger partial charge in [0.15, 0.2) is 11.5 Å². The minimum atomic E-state index is -0.933. The molecule has 0 aliphatic heterocycles. The van der Waals surface area contributed by atoms with Crippen molar-refractivity contribution in [3.05, 3.63) is 22.5 Å². The lowest BCUT2D eigenvalue weighted by Crippen LogP contribution is -2.20. The number of phenolic OH excluding ortho intramolecular Hbond substituents is 1. The second-order valence-electron chi connectivity index (χ2n) is 4.54. The van der Waals surface area contributed by atoms with E-state index in [0.29, 0.717) is 18.4 Å². The maximum absolute atomic E-state index is 14.0. The van der Waals surface area contributed by atoms with Crippen LogP contribution < -0.4 is 4.74 Å². The van der Waals surface area contributed by atoms with Gasteiger partial charge in [0.2, 0.25) is 11.9 Å². The van der Waals surface area contributed by atoms with Gasteiger partial charge in [0.05, 0.1) is 12.1 Å². The number of ether oxygens (including phenoxy) is 1. The van der Waals surface area contributed by atoms with Gasteiger partial charge in [-0.1, -0.05) is 24.4 Å². The standard InChI is InChI=1S/C13H13ClFNO3/c1-19-12-8(6-9(14)11(18)10(12)15)13(16-7-17)4-2-3-5-13/h6,18H,2-5H2,1H3. The molecular weight excluding hydrogens is 273 g/mol. The van der Waals surface area contributed by atoms with Crippen molar-refractivity contribution in [2.24, 2.45) is 4.99 Å². The van der Waals surface area contributed by atoms with Crippen molar-refractivity contribution in [3.63, 3.8) is 0 Å². The summed E-state index contributed by atoms with van der Waals surface area (Å²) in [7, 11) is 1.29. The molecule has 2 rings (SSSR count). The average Bonchev–Trinajstić information content (AvgIpc) is 2.86. The van der Waals surface area contributed by atoms with Gasteiger partial charge in [0.25, 0.3) is 0 Å². The highest BCUT2D eigenvalue weighted by molar-refractivity contribution is 6.32. The van der Waals surface area contributed by atoms with E-state index in [-0.39, 0.29) is 10.8 Å². The molecule has 1 N–H and O–H groups in total. The van der Waals surface area contributed by atoms with E-state index in [1.165, 1.54) is 13.2 Å². The lowest BCUT2D eigenvalue weighted by molar-refractivity contribution is 0.342. The number of methoxy groups -OCH3 is 1. The molecule has 0 spiro atoms. The normalized spacial score (nSPS) is 17.0. The van der Waals surface area contributed by atoms with Crippen LogP contribution in [-0.2, 0) is 10.3 Å². The van der Waals surface area contributed by atoms with Crippen molar-refractivity contribution in [1.82, 2.24) is 0 Å². The van der Waals surface area contributed by atoms with Gasteiger partial charge in [0, 0.05) is 5.56 Å². The molecule has 0 atom stereocenters. The summed E-state index contributed by atoms with van der Waals surface area (Å²) in [6.07, 6.45) is 4.48. The highest BCUT2D eigenvalue weighted by Crippen LogP contribution is 2.49. The summed E-state index contributed by atoms with van der Waals surface area (Å²) < 4.78 is 19.0. The molecule has 6 heteroatoms. The number of aromatic hydroxyl groups is 1. The zero-order valence-corrected chi connectivity index (χ0v) is 11.1. The van der Waals surface area contributed by atoms with E-state index in [4.69, 9.17) is 16.3 Å². The monoisotopic (exact) mass is 285 g/mol. The quantitative estimate of drug-likeness (QED) is 0.685. The van der Waals surface area contributed by atoms with Crippen LogP contribution in [0.2, 0.25) is 5.02 Å². The summed E-state index contributed by atoms with van der Waals surface area (Å²) in [5.41, 5.74) is -0.471. The topological polar surface area (TPSA) is 58.9 Å². The number of nitrogens with zero attached hydrogens (tertiary/aromatic N) is 1. The van der Waals surface area contributed by atoms with Crippen LogP contribution in [-0.4, -0.2) is 18.3 Å². The minimum Gasteiger partial charge on any atom is -0.504 e. The Balaban J connectivity index is 2.70. The number of aliphatic imine (C=N–C) groups is 1. The van der Waals surface area contributed by atoms with Gasteiger partial charge in [-0.15, -0.1) is 0 Å².